The fourth-order valence-electron chi connectivity index (χ4n) is 2.61. The molecular weight excluding hydrogens is 455 g/mol. The van der Waals surface area contributed by atoms with Crippen LogP contribution in [0.1, 0.15) is 5.56 Å². The Hall–Kier alpha value is -3.77. The average molecular weight is 465 g/mol. The van der Waals surface area contributed by atoms with E-state index in [1.807, 2.05) is 0 Å². The summed E-state index contributed by atoms with van der Waals surface area (Å²) in [5, 5.41) is 0. The van der Waals surface area contributed by atoms with Crippen LogP contribution in [0.5, 0.6) is 17.2 Å². The topological polar surface area (TPSA) is 87.8 Å². The molecule has 170 valence electrons. The van der Waals surface area contributed by atoms with E-state index in [2.05, 4.69) is 4.74 Å². The standard InChI is InChI=1S/C19H10F7NO5/c20-11-7-9(27)4-5-12(11)30-13-3-1-2-8-6-10(15(18(21,22)23)31-14(8)13)16(28)32-17(29)19(24,25)26/h1-7,15H,27H2. The summed E-state index contributed by atoms with van der Waals surface area (Å²) in [6, 6.07) is 6.78. The SMILES string of the molecule is Nc1ccc(Oc2cccc3c2OC(C(F)(F)F)C(C(=O)OC(=O)C(F)(F)F)=C3)c(F)c1. The van der Waals surface area contributed by atoms with E-state index in [1.165, 1.54) is 12.1 Å². The molecule has 1 heterocycles. The van der Waals surface area contributed by atoms with Crippen LogP contribution in [0.2, 0.25) is 0 Å². The van der Waals surface area contributed by atoms with E-state index in [1.54, 1.807) is 0 Å². The Morgan fingerprint density at radius 1 is 1.00 bits per heavy atom. The Labute approximate surface area is 174 Å². The molecule has 32 heavy (non-hydrogen) atoms. The first-order valence-electron chi connectivity index (χ1n) is 8.41. The number of esters is 2. The molecule has 0 radical (unpaired) electrons. The van der Waals surface area contributed by atoms with Gasteiger partial charge in [0.15, 0.2) is 23.1 Å². The fourth-order valence-corrected chi connectivity index (χ4v) is 2.61. The lowest BCUT2D eigenvalue weighted by Crippen LogP contribution is -2.42. The molecule has 13 heteroatoms. The summed E-state index contributed by atoms with van der Waals surface area (Å²) in [6.45, 7) is 0. The molecule has 2 aromatic rings. The lowest BCUT2D eigenvalue weighted by atomic mass is 10.0. The van der Waals surface area contributed by atoms with Crippen LogP contribution in [0.3, 0.4) is 0 Å². The van der Waals surface area contributed by atoms with Crippen molar-refractivity contribution < 1.29 is 54.5 Å². The third kappa shape index (κ3) is 4.76. The van der Waals surface area contributed by atoms with Crippen LogP contribution in [-0.2, 0) is 14.3 Å². The molecule has 1 aliphatic heterocycles. The highest BCUT2D eigenvalue weighted by Crippen LogP contribution is 2.44. The van der Waals surface area contributed by atoms with Gasteiger partial charge in [0.05, 0.1) is 5.57 Å². The first kappa shape index (κ1) is 22.9. The summed E-state index contributed by atoms with van der Waals surface area (Å²) in [5.74, 6) is -7.51. The summed E-state index contributed by atoms with van der Waals surface area (Å²) < 4.78 is 105. The summed E-state index contributed by atoms with van der Waals surface area (Å²) in [5.41, 5.74) is 3.83. The smallest absolute Gasteiger partial charge is 0.471 e. The number of hydrogen-bond acceptors (Lipinski definition) is 6. The van der Waals surface area contributed by atoms with Crippen LogP contribution in [0.25, 0.3) is 6.08 Å². The molecule has 1 aliphatic rings. The quantitative estimate of drug-likeness (QED) is 0.310. The number of para-hydroxylation sites is 1. The molecule has 1 atom stereocenters. The number of nitrogens with two attached hydrogens (primary N) is 1. The Balaban J connectivity index is 2.01. The van der Waals surface area contributed by atoms with Crippen LogP contribution < -0.4 is 15.2 Å². The zero-order valence-corrected chi connectivity index (χ0v) is 15.4. The Bertz CT molecular complexity index is 1110. The van der Waals surface area contributed by atoms with Gasteiger partial charge in [-0.15, -0.1) is 0 Å². The van der Waals surface area contributed by atoms with Crippen molar-refractivity contribution in [1.29, 1.82) is 0 Å². The van der Waals surface area contributed by atoms with Crippen LogP contribution in [0.15, 0.2) is 42.0 Å². The van der Waals surface area contributed by atoms with Gasteiger partial charge in [-0.2, -0.15) is 26.3 Å². The van der Waals surface area contributed by atoms with Gasteiger partial charge in [0.25, 0.3) is 0 Å². The molecule has 2 aromatic carbocycles. The van der Waals surface area contributed by atoms with Gasteiger partial charge in [-0.3, -0.25) is 0 Å². The number of hydrogen-bond donors (Lipinski definition) is 1. The third-order valence-corrected chi connectivity index (χ3v) is 3.96. The molecule has 1 unspecified atom stereocenters. The van der Waals surface area contributed by atoms with Crippen molar-refractivity contribution in [2.75, 3.05) is 5.73 Å². The number of benzene rings is 2. The number of ether oxygens (including phenoxy) is 3. The van der Waals surface area contributed by atoms with Gasteiger partial charge in [0.2, 0.25) is 6.10 Å². The number of anilines is 1. The molecule has 0 spiro atoms. The van der Waals surface area contributed by atoms with Gasteiger partial charge in [-0.05, 0) is 24.3 Å². The maximum atomic E-state index is 14.0. The van der Waals surface area contributed by atoms with Gasteiger partial charge in [0.1, 0.15) is 0 Å². The van der Waals surface area contributed by atoms with E-state index >= 15 is 0 Å². The van der Waals surface area contributed by atoms with Crippen molar-refractivity contribution >= 4 is 23.7 Å². The molecule has 0 fully saturated rings. The molecule has 0 saturated carbocycles. The third-order valence-electron chi connectivity index (χ3n) is 3.96. The number of fused-ring (bicyclic) bond motifs is 1. The highest BCUT2D eigenvalue weighted by atomic mass is 19.4. The first-order chi connectivity index (χ1) is 14.8. The minimum absolute atomic E-state index is 0.0535. The lowest BCUT2D eigenvalue weighted by molar-refractivity contribution is -0.204. The molecular formula is C19H10F7NO5. The maximum absolute atomic E-state index is 14.0. The summed E-state index contributed by atoms with van der Waals surface area (Å²) >= 11 is 0. The number of carbonyl (C=O) groups is 2. The number of rotatable bonds is 3. The second kappa shape index (κ2) is 8.05. The number of carbonyl (C=O) groups excluding carboxylic acids is 2. The van der Waals surface area contributed by atoms with Gasteiger partial charge < -0.3 is 19.9 Å². The van der Waals surface area contributed by atoms with Gasteiger partial charge in [-0.25, -0.2) is 14.0 Å². The number of halogens is 7. The van der Waals surface area contributed by atoms with Crippen LogP contribution in [-0.4, -0.2) is 30.4 Å². The Kier molecular flexibility index (Phi) is 5.76. The summed E-state index contributed by atoms with van der Waals surface area (Å²) in [7, 11) is 0. The lowest BCUT2D eigenvalue weighted by Gasteiger charge is -2.28. The van der Waals surface area contributed by atoms with Gasteiger partial charge >= 0.3 is 24.3 Å². The fraction of sp³-hybridized carbons (Fsp3) is 0.158. The van der Waals surface area contributed by atoms with E-state index in [0.29, 0.717) is 6.08 Å². The van der Waals surface area contributed by atoms with Crippen molar-refractivity contribution in [3.8, 4) is 17.2 Å². The highest BCUT2D eigenvalue weighted by molar-refractivity contribution is 6.02. The molecule has 0 amide bonds. The molecule has 3 rings (SSSR count). The van der Waals surface area contributed by atoms with E-state index in [4.69, 9.17) is 15.2 Å². The minimum atomic E-state index is -5.61. The average Bonchev–Trinajstić information content (AvgIpc) is 2.67. The van der Waals surface area contributed by atoms with Crippen molar-refractivity contribution in [2.45, 2.75) is 18.5 Å². The van der Waals surface area contributed by atoms with E-state index in [0.717, 1.165) is 24.3 Å². The summed E-state index contributed by atoms with van der Waals surface area (Å²) in [4.78, 5) is 22.7. The van der Waals surface area contributed by atoms with Crippen molar-refractivity contribution in [3.63, 3.8) is 0 Å². The van der Waals surface area contributed by atoms with Gasteiger partial charge in [-0.1, -0.05) is 12.1 Å². The Morgan fingerprint density at radius 2 is 1.69 bits per heavy atom. The predicted octanol–water partition coefficient (Wildman–Crippen LogP) is 4.54. The van der Waals surface area contributed by atoms with Crippen molar-refractivity contribution in [1.82, 2.24) is 0 Å². The van der Waals surface area contributed by atoms with E-state index in [-0.39, 0.29) is 11.3 Å². The molecule has 0 saturated heterocycles. The van der Waals surface area contributed by atoms with Crippen LogP contribution >= 0.6 is 0 Å². The predicted molar refractivity (Wildman–Crippen MR) is 92.9 cm³/mol. The van der Waals surface area contributed by atoms with E-state index in [9.17, 15) is 40.3 Å². The number of nitrogen functional groups attached to an aromatic ring is 1. The zero-order valence-electron chi connectivity index (χ0n) is 15.4. The van der Waals surface area contributed by atoms with Crippen molar-refractivity contribution in [2.24, 2.45) is 0 Å². The normalized spacial score (nSPS) is 15.8. The summed E-state index contributed by atoms with van der Waals surface area (Å²) in [6.07, 6.45) is -13.5. The molecule has 0 aliphatic carbocycles. The monoisotopic (exact) mass is 465 g/mol. The molecule has 6 nitrogen and oxygen atoms in total. The largest absolute Gasteiger partial charge is 0.491 e. The van der Waals surface area contributed by atoms with Crippen molar-refractivity contribution in [3.05, 3.63) is 53.4 Å². The zero-order chi connectivity index (χ0) is 23.8. The Morgan fingerprint density at radius 3 is 2.28 bits per heavy atom. The molecule has 0 bridgehead atoms. The van der Waals surface area contributed by atoms with E-state index < -0.39 is 59.0 Å². The second-order valence-electron chi connectivity index (χ2n) is 6.28. The van der Waals surface area contributed by atoms with Crippen LogP contribution in [0.4, 0.5) is 36.4 Å². The highest BCUT2D eigenvalue weighted by Gasteiger charge is 2.51. The van der Waals surface area contributed by atoms with Crippen LogP contribution in [0, 0.1) is 5.82 Å². The van der Waals surface area contributed by atoms with Gasteiger partial charge in [0, 0.05) is 17.3 Å². The second-order valence-corrected chi connectivity index (χ2v) is 6.28. The minimum Gasteiger partial charge on any atom is -0.471 e. The number of alkyl halides is 6. The molecule has 2 N–H and O–H groups in total. The molecule has 0 aromatic heterocycles. The first-order valence-corrected chi connectivity index (χ1v) is 8.41. The maximum Gasteiger partial charge on any atom is 0.491 e.